The first kappa shape index (κ1) is 18.8. The average Bonchev–Trinajstić information content (AvgIpc) is 3.17. The van der Waals surface area contributed by atoms with Gasteiger partial charge in [0.1, 0.15) is 0 Å². The van der Waals surface area contributed by atoms with Crippen LogP contribution in [0, 0.1) is 13.8 Å². The molecule has 3 aromatic heterocycles. The number of alkyl halides is 1. The Balaban J connectivity index is 2.08. The number of aromatic nitrogens is 5. The first-order valence-corrected chi connectivity index (χ1v) is 9.75. The summed E-state index contributed by atoms with van der Waals surface area (Å²) < 4.78 is 6.37. The molecule has 0 atom stereocenters. The topological polar surface area (TPSA) is 66.2 Å². The van der Waals surface area contributed by atoms with Gasteiger partial charge in [-0.15, -0.1) is 11.6 Å². The van der Waals surface area contributed by atoms with Crippen LogP contribution in [0.15, 0.2) is 33.9 Å². The van der Waals surface area contributed by atoms with Gasteiger partial charge in [0.15, 0.2) is 11.2 Å². The maximum Gasteiger partial charge on any atom is 0.332 e. The van der Waals surface area contributed by atoms with Crippen molar-refractivity contribution in [1.29, 1.82) is 0 Å². The van der Waals surface area contributed by atoms with Crippen molar-refractivity contribution in [3.05, 3.63) is 67.1 Å². The molecule has 0 saturated heterocycles. The van der Waals surface area contributed by atoms with Crippen LogP contribution in [0.3, 0.4) is 0 Å². The van der Waals surface area contributed by atoms with Gasteiger partial charge in [0.25, 0.3) is 5.56 Å². The Bertz CT molecular complexity index is 1340. The average molecular weight is 420 g/mol. The van der Waals surface area contributed by atoms with E-state index in [0.29, 0.717) is 40.0 Å². The van der Waals surface area contributed by atoms with Gasteiger partial charge in [-0.25, -0.2) is 4.79 Å². The van der Waals surface area contributed by atoms with E-state index in [1.54, 1.807) is 19.2 Å². The third-order valence-corrected chi connectivity index (χ3v) is 5.76. The van der Waals surface area contributed by atoms with Crippen LogP contribution in [0.4, 0.5) is 0 Å². The normalized spacial score (nSPS) is 11.8. The monoisotopic (exact) mass is 419 g/mol. The van der Waals surface area contributed by atoms with Crippen LogP contribution in [0.1, 0.15) is 17.0 Å². The van der Waals surface area contributed by atoms with Crippen LogP contribution in [0.2, 0.25) is 5.02 Å². The van der Waals surface area contributed by atoms with Crippen molar-refractivity contribution in [3.63, 3.8) is 0 Å². The molecule has 0 fully saturated rings. The van der Waals surface area contributed by atoms with Crippen molar-refractivity contribution in [1.82, 2.24) is 23.1 Å². The number of benzene rings is 1. The Hall–Kier alpha value is -2.51. The van der Waals surface area contributed by atoms with E-state index in [9.17, 15) is 9.59 Å². The lowest BCUT2D eigenvalue weighted by Gasteiger charge is -2.09. The number of fused-ring (bicyclic) bond motifs is 3. The highest BCUT2D eigenvalue weighted by molar-refractivity contribution is 6.31. The Labute approximate surface area is 170 Å². The fourth-order valence-electron chi connectivity index (χ4n) is 3.60. The first-order chi connectivity index (χ1) is 13.4. The Morgan fingerprint density at radius 1 is 1.07 bits per heavy atom. The van der Waals surface area contributed by atoms with E-state index in [0.717, 1.165) is 11.4 Å². The second kappa shape index (κ2) is 6.83. The van der Waals surface area contributed by atoms with E-state index in [-0.39, 0.29) is 6.54 Å². The zero-order chi connectivity index (χ0) is 20.2. The molecule has 0 N–H and O–H groups in total. The fraction of sp³-hybridized carbons (Fsp3) is 0.316. The number of hydrogen-bond donors (Lipinski definition) is 0. The second-order valence-corrected chi connectivity index (χ2v) is 7.54. The van der Waals surface area contributed by atoms with Crippen molar-refractivity contribution < 1.29 is 0 Å². The lowest BCUT2D eigenvalue weighted by atomic mass is 10.2. The minimum Gasteiger partial charge on any atom is -0.313 e. The van der Waals surface area contributed by atoms with Crippen molar-refractivity contribution >= 4 is 40.1 Å². The summed E-state index contributed by atoms with van der Waals surface area (Å²) in [6.07, 6.45) is 0. The first-order valence-electron chi connectivity index (χ1n) is 8.83. The van der Waals surface area contributed by atoms with Gasteiger partial charge in [0.2, 0.25) is 5.78 Å². The minimum atomic E-state index is -0.434. The highest BCUT2D eigenvalue weighted by atomic mass is 35.5. The highest BCUT2D eigenvalue weighted by Gasteiger charge is 2.22. The molecule has 0 aliphatic rings. The van der Waals surface area contributed by atoms with Gasteiger partial charge >= 0.3 is 5.69 Å². The van der Waals surface area contributed by atoms with Gasteiger partial charge in [-0.2, -0.15) is 4.98 Å². The molecule has 0 saturated carbocycles. The van der Waals surface area contributed by atoms with Gasteiger partial charge < -0.3 is 4.57 Å². The molecule has 1 aromatic carbocycles. The molecule has 0 aliphatic heterocycles. The number of aryl methyl sites for hydroxylation is 3. The zero-order valence-electron chi connectivity index (χ0n) is 15.7. The molecule has 3 heterocycles. The predicted molar refractivity (Wildman–Crippen MR) is 111 cm³/mol. The lowest BCUT2D eigenvalue weighted by Crippen LogP contribution is -2.39. The predicted octanol–water partition coefficient (Wildman–Crippen LogP) is 2.71. The molecule has 0 aliphatic carbocycles. The van der Waals surface area contributed by atoms with E-state index >= 15 is 0 Å². The third kappa shape index (κ3) is 2.61. The molecule has 7 nitrogen and oxygen atoms in total. The SMILES string of the molecule is Cc1c(C)n2c3c(=O)n(Cc4ccccc4Cl)c(=O)n(C)c3nc2n1CCCl. The third-order valence-electron chi connectivity index (χ3n) is 5.22. The van der Waals surface area contributed by atoms with Crippen molar-refractivity contribution in [2.45, 2.75) is 26.9 Å². The van der Waals surface area contributed by atoms with Gasteiger partial charge in [-0.1, -0.05) is 29.8 Å². The summed E-state index contributed by atoms with van der Waals surface area (Å²) in [6, 6.07) is 7.17. The van der Waals surface area contributed by atoms with E-state index in [1.807, 2.05) is 34.9 Å². The number of hydrogen-bond acceptors (Lipinski definition) is 3. The maximum atomic E-state index is 13.3. The van der Waals surface area contributed by atoms with Crippen LogP contribution in [-0.4, -0.2) is 29.0 Å². The summed E-state index contributed by atoms with van der Waals surface area (Å²) >= 11 is 12.2. The molecular weight excluding hydrogens is 401 g/mol. The number of rotatable bonds is 4. The quantitative estimate of drug-likeness (QED) is 0.477. The molecule has 9 heteroatoms. The van der Waals surface area contributed by atoms with E-state index < -0.39 is 11.2 Å². The molecule has 146 valence electrons. The number of halogens is 2. The number of imidazole rings is 2. The summed E-state index contributed by atoms with van der Waals surface area (Å²) in [7, 11) is 1.62. The molecule has 0 unspecified atom stereocenters. The van der Waals surface area contributed by atoms with Crippen molar-refractivity contribution in [2.24, 2.45) is 7.05 Å². The Kier molecular flexibility index (Phi) is 4.59. The summed E-state index contributed by atoms with van der Waals surface area (Å²) in [5, 5.41) is 0.510. The van der Waals surface area contributed by atoms with Crippen LogP contribution < -0.4 is 11.2 Å². The molecule has 4 aromatic rings. The highest BCUT2D eigenvalue weighted by Crippen LogP contribution is 2.21. The smallest absolute Gasteiger partial charge is 0.313 e. The molecule has 0 bridgehead atoms. The van der Waals surface area contributed by atoms with E-state index in [1.165, 1.54) is 9.13 Å². The second-order valence-electron chi connectivity index (χ2n) is 6.76. The molecule has 4 rings (SSSR count). The Morgan fingerprint density at radius 3 is 2.46 bits per heavy atom. The largest absolute Gasteiger partial charge is 0.332 e. The van der Waals surface area contributed by atoms with Crippen LogP contribution in [-0.2, 0) is 20.1 Å². The van der Waals surface area contributed by atoms with Gasteiger partial charge in [-0.05, 0) is 25.5 Å². The van der Waals surface area contributed by atoms with Crippen LogP contribution >= 0.6 is 23.2 Å². The minimum absolute atomic E-state index is 0.0920. The van der Waals surface area contributed by atoms with Gasteiger partial charge in [0, 0.05) is 35.9 Å². The zero-order valence-corrected chi connectivity index (χ0v) is 17.3. The summed E-state index contributed by atoms with van der Waals surface area (Å²) in [5.74, 6) is 1.02. The Morgan fingerprint density at radius 2 is 1.79 bits per heavy atom. The fourth-order valence-corrected chi connectivity index (χ4v) is 3.97. The van der Waals surface area contributed by atoms with Crippen LogP contribution in [0.25, 0.3) is 16.9 Å². The van der Waals surface area contributed by atoms with E-state index in [4.69, 9.17) is 23.2 Å². The van der Waals surface area contributed by atoms with E-state index in [2.05, 4.69) is 4.98 Å². The van der Waals surface area contributed by atoms with Crippen molar-refractivity contribution in [2.75, 3.05) is 5.88 Å². The lowest BCUT2D eigenvalue weighted by molar-refractivity contribution is 0.656. The summed E-state index contributed by atoms with van der Waals surface area (Å²) in [6.45, 7) is 4.55. The van der Waals surface area contributed by atoms with Gasteiger partial charge in [-0.3, -0.25) is 18.3 Å². The molecule has 0 radical (unpaired) electrons. The molecular formula is C19H19Cl2N5O2. The molecule has 28 heavy (non-hydrogen) atoms. The number of nitrogens with zero attached hydrogens (tertiary/aromatic N) is 5. The molecule has 0 amide bonds. The summed E-state index contributed by atoms with van der Waals surface area (Å²) in [4.78, 5) is 30.8. The van der Waals surface area contributed by atoms with Crippen LogP contribution in [0.5, 0.6) is 0 Å². The maximum absolute atomic E-state index is 13.3. The van der Waals surface area contributed by atoms with Crippen molar-refractivity contribution in [3.8, 4) is 0 Å². The summed E-state index contributed by atoms with van der Waals surface area (Å²) in [5.41, 5.74) is 2.48. The standard InChI is InChI=1S/C19H19Cl2N5O2/c1-11-12(2)26-15-16(22-18(26)24(11)9-8-20)23(3)19(28)25(17(15)27)10-13-6-4-5-7-14(13)21/h4-7H,8-10H2,1-3H3. The molecule has 0 spiro atoms. The van der Waals surface area contributed by atoms with Gasteiger partial charge in [0.05, 0.1) is 6.54 Å².